The number of amides is 1. The van der Waals surface area contributed by atoms with Gasteiger partial charge in [0.25, 0.3) is 5.91 Å². The first-order chi connectivity index (χ1) is 15.6. The monoisotopic (exact) mass is 427 g/mol. The standard InChI is InChI=1S/C25H21N3O4/c1-31-23-14-12-19(13-15-23)16-20(17-26)25(30)32-18-24(29)27-28(21-8-4-2-5-9-21)22-10-6-3-7-11-22/h2-16H,18H2,1H3,(H,27,29). The van der Waals surface area contributed by atoms with Crippen LogP contribution in [0, 0.1) is 11.3 Å². The van der Waals surface area contributed by atoms with Gasteiger partial charge in [0.15, 0.2) is 6.61 Å². The molecule has 0 heterocycles. The second-order valence-electron chi connectivity index (χ2n) is 6.56. The largest absolute Gasteiger partial charge is 0.497 e. The van der Waals surface area contributed by atoms with E-state index < -0.39 is 18.5 Å². The molecule has 32 heavy (non-hydrogen) atoms. The van der Waals surface area contributed by atoms with Gasteiger partial charge in [-0.1, -0.05) is 48.5 Å². The molecule has 3 rings (SSSR count). The van der Waals surface area contributed by atoms with Crippen molar-refractivity contribution in [3.63, 3.8) is 0 Å². The fourth-order valence-electron chi connectivity index (χ4n) is 2.80. The summed E-state index contributed by atoms with van der Waals surface area (Å²) in [6, 6.07) is 27.1. The summed E-state index contributed by atoms with van der Waals surface area (Å²) in [5.74, 6) is -0.779. The van der Waals surface area contributed by atoms with Crippen LogP contribution >= 0.6 is 0 Å². The Morgan fingerprint density at radius 2 is 1.50 bits per heavy atom. The molecule has 0 aliphatic heterocycles. The highest BCUT2D eigenvalue weighted by Gasteiger charge is 2.16. The third kappa shape index (κ3) is 5.97. The molecule has 0 aliphatic carbocycles. The Morgan fingerprint density at radius 3 is 2.00 bits per heavy atom. The summed E-state index contributed by atoms with van der Waals surface area (Å²) in [6.45, 7) is -0.545. The van der Waals surface area contributed by atoms with Crippen LogP contribution in [0.1, 0.15) is 5.56 Å². The van der Waals surface area contributed by atoms with Gasteiger partial charge in [0, 0.05) is 0 Å². The number of benzene rings is 3. The predicted molar refractivity (Wildman–Crippen MR) is 121 cm³/mol. The van der Waals surface area contributed by atoms with Crippen LogP contribution < -0.4 is 15.2 Å². The topological polar surface area (TPSA) is 91.7 Å². The second-order valence-corrected chi connectivity index (χ2v) is 6.56. The number of anilines is 2. The Labute approximate surface area is 186 Å². The van der Waals surface area contributed by atoms with Crippen molar-refractivity contribution in [2.45, 2.75) is 0 Å². The summed E-state index contributed by atoms with van der Waals surface area (Å²) in [7, 11) is 1.55. The van der Waals surface area contributed by atoms with Crippen LogP contribution in [0.5, 0.6) is 5.75 Å². The van der Waals surface area contributed by atoms with Gasteiger partial charge in [-0.2, -0.15) is 5.26 Å². The molecule has 0 aromatic heterocycles. The number of para-hydroxylation sites is 2. The molecule has 1 amide bonds. The van der Waals surface area contributed by atoms with Gasteiger partial charge in [-0.3, -0.25) is 15.2 Å². The molecular formula is C25H21N3O4. The Balaban J connectivity index is 1.65. The number of esters is 1. The normalized spacial score (nSPS) is 10.6. The molecule has 3 aromatic carbocycles. The average Bonchev–Trinajstić information content (AvgIpc) is 2.85. The molecule has 1 N–H and O–H groups in total. The molecule has 7 nitrogen and oxygen atoms in total. The van der Waals surface area contributed by atoms with Crippen LogP contribution in [0.15, 0.2) is 90.5 Å². The highest BCUT2D eigenvalue weighted by molar-refractivity contribution is 5.99. The highest BCUT2D eigenvalue weighted by atomic mass is 16.5. The summed E-state index contributed by atoms with van der Waals surface area (Å²) in [6.07, 6.45) is 1.39. The Bertz CT molecular complexity index is 1080. The maximum Gasteiger partial charge on any atom is 0.349 e. The number of hydrogen-bond acceptors (Lipinski definition) is 6. The van der Waals surface area contributed by atoms with Crippen molar-refractivity contribution in [1.29, 1.82) is 5.26 Å². The van der Waals surface area contributed by atoms with Crippen LogP contribution in [0.25, 0.3) is 6.08 Å². The lowest BCUT2D eigenvalue weighted by Crippen LogP contribution is -2.41. The van der Waals surface area contributed by atoms with Crippen molar-refractivity contribution in [2.75, 3.05) is 18.7 Å². The zero-order chi connectivity index (χ0) is 22.8. The van der Waals surface area contributed by atoms with Crippen LogP contribution in [0.4, 0.5) is 11.4 Å². The van der Waals surface area contributed by atoms with Gasteiger partial charge in [-0.05, 0) is 48.0 Å². The molecule has 7 heteroatoms. The number of carbonyl (C=O) groups excluding carboxylic acids is 2. The van der Waals surface area contributed by atoms with Gasteiger partial charge in [0.2, 0.25) is 0 Å². The summed E-state index contributed by atoms with van der Waals surface area (Å²) >= 11 is 0. The van der Waals surface area contributed by atoms with E-state index in [9.17, 15) is 14.9 Å². The molecule has 0 spiro atoms. The number of carbonyl (C=O) groups is 2. The van der Waals surface area contributed by atoms with E-state index >= 15 is 0 Å². The van der Waals surface area contributed by atoms with Gasteiger partial charge < -0.3 is 9.47 Å². The molecular weight excluding hydrogens is 406 g/mol. The Morgan fingerprint density at radius 1 is 0.938 bits per heavy atom. The number of methoxy groups -OCH3 is 1. The average molecular weight is 427 g/mol. The summed E-state index contributed by atoms with van der Waals surface area (Å²) in [4.78, 5) is 24.8. The van der Waals surface area contributed by atoms with Crippen LogP contribution in [0.2, 0.25) is 0 Å². The minimum absolute atomic E-state index is 0.217. The lowest BCUT2D eigenvalue weighted by molar-refractivity contribution is -0.144. The van der Waals surface area contributed by atoms with E-state index in [1.807, 2.05) is 66.7 Å². The zero-order valence-electron chi connectivity index (χ0n) is 17.4. The molecule has 0 saturated carbocycles. The number of hydrazine groups is 1. The second kappa shape index (κ2) is 11.0. The number of nitriles is 1. The SMILES string of the molecule is COc1ccc(C=C(C#N)C(=O)OCC(=O)NN(c2ccccc2)c2ccccc2)cc1. The maximum absolute atomic E-state index is 12.5. The number of nitrogens with one attached hydrogen (secondary N) is 1. The molecule has 0 radical (unpaired) electrons. The first-order valence-electron chi connectivity index (χ1n) is 9.73. The van der Waals surface area contributed by atoms with Gasteiger partial charge in [0.1, 0.15) is 17.4 Å². The van der Waals surface area contributed by atoms with Crippen molar-refractivity contribution < 1.29 is 19.1 Å². The van der Waals surface area contributed by atoms with Gasteiger partial charge in [-0.15, -0.1) is 0 Å². The molecule has 0 atom stereocenters. The smallest absolute Gasteiger partial charge is 0.349 e. The van der Waals surface area contributed by atoms with Crippen molar-refractivity contribution in [3.8, 4) is 11.8 Å². The van der Waals surface area contributed by atoms with E-state index in [1.54, 1.807) is 36.4 Å². The quantitative estimate of drug-likeness (QED) is 0.253. The zero-order valence-corrected chi connectivity index (χ0v) is 17.4. The third-order valence-corrected chi connectivity index (χ3v) is 4.37. The number of hydrogen-bond donors (Lipinski definition) is 1. The van der Waals surface area contributed by atoms with Crippen LogP contribution in [-0.4, -0.2) is 25.6 Å². The van der Waals surface area contributed by atoms with Crippen molar-refractivity contribution in [1.82, 2.24) is 5.43 Å². The molecule has 0 aliphatic rings. The number of rotatable bonds is 8. The highest BCUT2D eigenvalue weighted by Crippen LogP contribution is 2.22. The minimum atomic E-state index is -0.885. The maximum atomic E-state index is 12.5. The van der Waals surface area contributed by atoms with E-state index in [0.29, 0.717) is 11.3 Å². The van der Waals surface area contributed by atoms with Crippen LogP contribution in [0.3, 0.4) is 0 Å². The van der Waals surface area contributed by atoms with Crippen molar-refractivity contribution >= 4 is 29.3 Å². The third-order valence-electron chi connectivity index (χ3n) is 4.37. The van der Waals surface area contributed by atoms with E-state index in [2.05, 4.69) is 5.43 Å². The molecule has 0 fully saturated rings. The van der Waals surface area contributed by atoms with Crippen molar-refractivity contribution in [2.24, 2.45) is 0 Å². The lowest BCUT2D eigenvalue weighted by atomic mass is 10.1. The van der Waals surface area contributed by atoms with Crippen LogP contribution in [-0.2, 0) is 14.3 Å². The predicted octanol–water partition coefficient (Wildman–Crippen LogP) is 4.01. The number of nitrogens with zero attached hydrogens (tertiary/aromatic N) is 2. The van der Waals surface area contributed by atoms with Crippen molar-refractivity contribution in [3.05, 3.63) is 96.1 Å². The van der Waals surface area contributed by atoms with E-state index in [-0.39, 0.29) is 5.57 Å². The lowest BCUT2D eigenvalue weighted by Gasteiger charge is -2.25. The minimum Gasteiger partial charge on any atom is -0.497 e. The molecule has 0 bridgehead atoms. The summed E-state index contributed by atoms with van der Waals surface area (Å²) in [5.41, 5.74) is 4.60. The fourth-order valence-corrected chi connectivity index (χ4v) is 2.80. The summed E-state index contributed by atoms with van der Waals surface area (Å²) < 4.78 is 10.1. The Hall–Kier alpha value is -4.57. The molecule has 160 valence electrons. The first-order valence-corrected chi connectivity index (χ1v) is 9.73. The fraction of sp³-hybridized carbons (Fsp3) is 0.0800. The van der Waals surface area contributed by atoms with E-state index in [1.165, 1.54) is 6.08 Å². The van der Waals surface area contributed by atoms with Gasteiger partial charge in [0.05, 0.1) is 18.5 Å². The molecule has 3 aromatic rings. The molecule has 0 saturated heterocycles. The van der Waals surface area contributed by atoms with E-state index in [0.717, 1.165) is 11.4 Å². The summed E-state index contributed by atoms with van der Waals surface area (Å²) in [5, 5.41) is 10.9. The Kier molecular flexibility index (Phi) is 7.60. The van der Waals surface area contributed by atoms with E-state index in [4.69, 9.17) is 9.47 Å². The molecule has 0 unspecified atom stereocenters. The van der Waals surface area contributed by atoms with Gasteiger partial charge >= 0.3 is 5.97 Å². The van der Waals surface area contributed by atoms with Gasteiger partial charge in [-0.25, -0.2) is 4.79 Å². The number of ether oxygens (including phenoxy) is 2. The first kappa shape index (κ1) is 22.1.